The zero-order valence-corrected chi connectivity index (χ0v) is 10.8. The molecule has 0 aromatic heterocycles. The van der Waals surface area contributed by atoms with Gasteiger partial charge in [-0.25, -0.2) is 0 Å². The smallest absolute Gasteiger partial charge is 0.223 e. The van der Waals surface area contributed by atoms with Crippen LogP contribution in [0.3, 0.4) is 0 Å². The molecule has 0 aromatic carbocycles. The van der Waals surface area contributed by atoms with Crippen molar-refractivity contribution in [1.82, 2.24) is 15.1 Å². The average molecular weight is 243 g/mol. The van der Waals surface area contributed by atoms with E-state index in [0.717, 1.165) is 45.0 Å². The molecule has 0 aromatic rings. The van der Waals surface area contributed by atoms with Gasteiger partial charge in [0.15, 0.2) is 0 Å². The first-order valence-electron chi connectivity index (χ1n) is 6.02. The Morgan fingerprint density at radius 2 is 2.06 bits per heavy atom. The standard InChI is InChI=1S/C11H21N3OS/c1-16-7-2-11(15)14-8-10(9-14)13-5-3-12-4-6-13/h10,12H,2-9H2,1H3. The highest BCUT2D eigenvalue weighted by atomic mass is 32.2. The lowest BCUT2D eigenvalue weighted by Crippen LogP contribution is -2.63. The Balaban J connectivity index is 1.66. The van der Waals surface area contributed by atoms with Gasteiger partial charge in [-0.3, -0.25) is 9.69 Å². The predicted molar refractivity (Wildman–Crippen MR) is 67.8 cm³/mol. The lowest BCUT2D eigenvalue weighted by molar-refractivity contribution is -0.138. The first kappa shape index (κ1) is 12.2. The van der Waals surface area contributed by atoms with Crippen LogP contribution in [0.5, 0.6) is 0 Å². The second-order valence-corrected chi connectivity index (χ2v) is 5.47. The normalized spacial score (nSPS) is 23.2. The summed E-state index contributed by atoms with van der Waals surface area (Å²) in [5, 5.41) is 3.35. The maximum Gasteiger partial charge on any atom is 0.223 e. The monoisotopic (exact) mass is 243 g/mol. The van der Waals surface area contributed by atoms with Gasteiger partial charge in [0.2, 0.25) is 5.91 Å². The van der Waals surface area contributed by atoms with Crippen molar-refractivity contribution in [3.05, 3.63) is 0 Å². The molecule has 2 fully saturated rings. The number of likely N-dealkylation sites (tertiary alicyclic amines) is 1. The fourth-order valence-electron chi connectivity index (χ4n) is 2.28. The van der Waals surface area contributed by atoms with E-state index in [2.05, 4.69) is 10.2 Å². The second-order valence-electron chi connectivity index (χ2n) is 4.48. The van der Waals surface area contributed by atoms with Crippen LogP contribution in [0.2, 0.25) is 0 Å². The third-order valence-electron chi connectivity index (χ3n) is 3.40. The summed E-state index contributed by atoms with van der Waals surface area (Å²) in [7, 11) is 0. The number of rotatable bonds is 4. The van der Waals surface area contributed by atoms with Crippen LogP contribution < -0.4 is 5.32 Å². The molecule has 2 aliphatic heterocycles. The van der Waals surface area contributed by atoms with E-state index in [-0.39, 0.29) is 0 Å². The van der Waals surface area contributed by atoms with Crippen LogP contribution in [-0.2, 0) is 4.79 Å². The Kier molecular flexibility index (Phi) is 4.49. The predicted octanol–water partition coefficient (Wildman–Crippen LogP) is -0.144. The SMILES string of the molecule is CSCCC(=O)N1CC(N2CCNCC2)C1. The minimum Gasteiger partial charge on any atom is -0.339 e. The molecule has 1 amide bonds. The molecule has 4 nitrogen and oxygen atoms in total. The van der Waals surface area contributed by atoms with Gasteiger partial charge in [0.1, 0.15) is 0 Å². The van der Waals surface area contributed by atoms with Gasteiger partial charge in [-0.15, -0.1) is 0 Å². The molecule has 2 rings (SSSR count). The zero-order valence-electron chi connectivity index (χ0n) is 9.95. The third kappa shape index (κ3) is 2.90. The van der Waals surface area contributed by atoms with E-state index in [1.807, 2.05) is 11.2 Å². The summed E-state index contributed by atoms with van der Waals surface area (Å²) in [6.07, 6.45) is 2.75. The largest absolute Gasteiger partial charge is 0.339 e. The van der Waals surface area contributed by atoms with E-state index < -0.39 is 0 Å². The highest BCUT2D eigenvalue weighted by Crippen LogP contribution is 2.16. The van der Waals surface area contributed by atoms with E-state index in [1.54, 1.807) is 11.8 Å². The lowest BCUT2D eigenvalue weighted by atomic mass is 10.1. The summed E-state index contributed by atoms with van der Waals surface area (Å²) >= 11 is 1.74. The fourth-order valence-corrected chi connectivity index (χ4v) is 2.66. The van der Waals surface area contributed by atoms with Crippen LogP contribution in [-0.4, -0.2) is 73.0 Å². The molecule has 1 N–H and O–H groups in total. The first-order chi connectivity index (χ1) is 7.81. The molecule has 2 aliphatic rings. The highest BCUT2D eigenvalue weighted by Gasteiger charge is 2.34. The molecule has 0 aliphatic carbocycles. The molecule has 2 heterocycles. The van der Waals surface area contributed by atoms with Crippen molar-refractivity contribution >= 4 is 17.7 Å². The molecule has 92 valence electrons. The maximum absolute atomic E-state index is 11.7. The van der Waals surface area contributed by atoms with Crippen LogP contribution in [0.1, 0.15) is 6.42 Å². The van der Waals surface area contributed by atoms with Gasteiger partial charge < -0.3 is 10.2 Å². The number of hydrogen-bond donors (Lipinski definition) is 1. The Hall–Kier alpha value is -0.260. The Morgan fingerprint density at radius 3 is 2.69 bits per heavy atom. The van der Waals surface area contributed by atoms with Gasteiger partial charge in [-0.05, 0) is 6.26 Å². The van der Waals surface area contributed by atoms with E-state index in [0.29, 0.717) is 18.4 Å². The highest BCUT2D eigenvalue weighted by molar-refractivity contribution is 7.98. The van der Waals surface area contributed by atoms with E-state index in [9.17, 15) is 4.79 Å². The van der Waals surface area contributed by atoms with Crippen molar-refractivity contribution in [2.75, 3.05) is 51.3 Å². The van der Waals surface area contributed by atoms with E-state index >= 15 is 0 Å². The van der Waals surface area contributed by atoms with Gasteiger partial charge in [-0.1, -0.05) is 0 Å². The number of piperazine rings is 1. The molecule has 0 unspecified atom stereocenters. The van der Waals surface area contributed by atoms with Crippen molar-refractivity contribution in [2.45, 2.75) is 12.5 Å². The van der Waals surface area contributed by atoms with Gasteiger partial charge in [0.25, 0.3) is 0 Å². The van der Waals surface area contributed by atoms with Crippen molar-refractivity contribution in [3.63, 3.8) is 0 Å². The van der Waals surface area contributed by atoms with Crippen molar-refractivity contribution in [2.24, 2.45) is 0 Å². The molecule has 16 heavy (non-hydrogen) atoms. The van der Waals surface area contributed by atoms with E-state index in [4.69, 9.17) is 0 Å². The lowest BCUT2D eigenvalue weighted by Gasteiger charge is -2.46. The maximum atomic E-state index is 11.7. The van der Waals surface area contributed by atoms with Crippen LogP contribution in [0.4, 0.5) is 0 Å². The van der Waals surface area contributed by atoms with Gasteiger partial charge >= 0.3 is 0 Å². The Morgan fingerprint density at radius 1 is 1.38 bits per heavy atom. The van der Waals surface area contributed by atoms with Crippen molar-refractivity contribution in [3.8, 4) is 0 Å². The van der Waals surface area contributed by atoms with Crippen LogP contribution in [0.15, 0.2) is 0 Å². The molecule has 5 heteroatoms. The third-order valence-corrected chi connectivity index (χ3v) is 4.02. The van der Waals surface area contributed by atoms with Crippen LogP contribution >= 0.6 is 11.8 Å². The molecule has 0 atom stereocenters. The molecular weight excluding hydrogens is 222 g/mol. The Bertz CT molecular complexity index is 237. The van der Waals surface area contributed by atoms with Crippen LogP contribution in [0.25, 0.3) is 0 Å². The molecular formula is C11H21N3OS. The second kappa shape index (κ2) is 5.89. The summed E-state index contributed by atoms with van der Waals surface area (Å²) in [6, 6.07) is 0.625. The minimum atomic E-state index is 0.334. The molecule has 0 saturated carbocycles. The molecule has 0 radical (unpaired) electrons. The minimum absolute atomic E-state index is 0.334. The number of nitrogens with zero attached hydrogens (tertiary/aromatic N) is 2. The number of nitrogens with one attached hydrogen (secondary N) is 1. The summed E-state index contributed by atoms with van der Waals surface area (Å²) in [5.74, 6) is 1.29. The van der Waals surface area contributed by atoms with Gasteiger partial charge in [0, 0.05) is 57.5 Å². The molecule has 0 spiro atoms. The fraction of sp³-hybridized carbons (Fsp3) is 0.909. The topological polar surface area (TPSA) is 35.6 Å². The quantitative estimate of drug-likeness (QED) is 0.745. The summed E-state index contributed by atoms with van der Waals surface area (Å²) in [5.41, 5.74) is 0. The number of amides is 1. The number of carbonyl (C=O) groups excluding carboxylic acids is 1. The molecule has 0 bridgehead atoms. The van der Waals surface area contributed by atoms with Gasteiger partial charge in [-0.2, -0.15) is 11.8 Å². The van der Waals surface area contributed by atoms with Crippen molar-refractivity contribution < 1.29 is 4.79 Å². The summed E-state index contributed by atoms with van der Waals surface area (Å²) < 4.78 is 0. The Labute approximate surface area is 102 Å². The van der Waals surface area contributed by atoms with Crippen LogP contribution in [0, 0.1) is 0 Å². The number of carbonyl (C=O) groups is 1. The summed E-state index contributed by atoms with van der Waals surface area (Å²) in [6.45, 7) is 6.36. The average Bonchev–Trinajstić information content (AvgIpc) is 2.26. The number of hydrogen-bond acceptors (Lipinski definition) is 4. The summed E-state index contributed by atoms with van der Waals surface area (Å²) in [4.78, 5) is 16.2. The van der Waals surface area contributed by atoms with E-state index in [1.165, 1.54) is 0 Å². The van der Waals surface area contributed by atoms with Gasteiger partial charge in [0.05, 0.1) is 0 Å². The van der Waals surface area contributed by atoms with Crippen molar-refractivity contribution in [1.29, 1.82) is 0 Å². The zero-order chi connectivity index (χ0) is 11.4. The number of thioether (sulfide) groups is 1. The first-order valence-corrected chi connectivity index (χ1v) is 7.42. The molecule has 2 saturated heterocycles.